The van der Waals surface area contributed by atoms with Gasteiger partial charge in [0.05, 0.1) is 35.4 Å². The van der Waals surface area contributed by atoms with E-state index in [-0.39, 0.29) is 17.5 Å². The SMILES string of the molecule is COc1ccccc1NC(=O)N(CC(C)C)C(C)c1nc2ccccc2c(=O)n1-c1ccc(C)c(C)c1. The molecule has 0 aliphatic rings. The van der Waals surface area contributed by atoms with Crippen molar-refractivity contribution < 1.29 is 9.53 Å². The molecule has 7 nitrogen and oxygen atoms in total. The number of fused-ring (bicyclic) bond motifs is 1. The molecule has 0 saturated carbocycles. The van der Waals surface area contributed by atoms with E-state index in [2.05, 4.69) is 19.2 Å². The molecule has 1 aromatic heterocycles. The molecule has 0 aliphatic carbocycles. The van der Waals surface area contributed by atoms with E-state index in [9.17, 15) is 9.59 Å². The molecule has 0 aliphatic heterocycles. The van der Waals surface area contributed by atoms with E-state index in [1.54, 1.807) is 34.8 Å². The Morgan fingerprint density at radius 2 is 1.70 bits per heavy atom. The Kier molecular flexibility index (Phi) is 7.62. The number of hydrogen-bond acceptors (Lipinski definition) is 4. The highest BCUT2D eigenvalue weighted by Crippen LogP contribution is 2.28. The van der Waals surface area contributed by atoms with Crippen LogP contribution in [0.1, 0.15) is 43.8 Å². The zero-order chi connectivity index (χ0) is 26.7. The van der Waals surface area contributed by atoms with Crippen LogP contribution < -0.4 is 15.6 Å². The van der Waals surface area contributed by atoms with Crippen molar-refractivity contribution in [3.63, 3.8) is 0 Å². The first-order valence-electron chi connectivity index (χ1n) is 12.5. The van der Waals surface area contributed by atoms with Gasteiger partial charge in [-0.05, 0) is 74.2 Å². The molecule has 4 rings (SSSR count). The summed E-state index contributed by atoms with van der Waals surface area (Å²) in [5, 5.41) is 3.52. The summed E-state index contributed by atoms with van der Waals surface area (Å²) in [6.45, 7) is 10.6. The Morgan fingerprint density at radius 3 is 2.41 bits per heavy atom. The minimum absolute atomic E-state index is 0.162. The summed E-state index contributed by atoms with van der Waals surface area (Å²) in [5.41, 5.74) is 3.95. The number of benzene rings is 3. The number of rotatable bonds is 7. The number of methoxy groups -OCH3 is 1. The minimum Gasteiger partial charge on any atom is -0.495 e. The van der Waals surface area contributed by atoms with Crippen LogP contribution in [0.2, 0.25) is 0 Å². The lowest BCUT2D eigenvalue weighted by molar-refractivity contribution is 0.179. The first kappa shape index (κ1) is 25.9. The summed E-state index contributed by atoms with van der Waals surface area (Å²) in [7, 11) is 1.57. The van der Waals surface area contributed by atoms with E-state index in [0.29, 0.717) is 34.7 Å². The lowest BCUT2D eigenvalue weighted by Crippen LogP contribution is -2.41. The van der Waals surface area contributed by atoms with Gasteiger partial charge in [0, 0.05) is 6.54 Å². The van der Waals surface area contributed by atoms with Gasteiger partial charge >= 0.3 is 6.03 Å². The van der Waals surface area contributed by atoms with Crippen LogP contribution in [0.4, 0.5) is 10.5 Å². The van der Waals surface area contributed by atoms with Crippen LogP contribution in [-0.4, -0.2) is 34.1 Å². The highest BCUT2D eigenvalue weighted by Gasteiger charge is 2.28. The molecule has 2 amide bonds. The maximum absolute atomic E-state index is 13.8. The smallest absolute Gasteiger partial charge is 0.322 e. The monoisotopic (exact) mass is 498 g/mol. The zero-order valence-corrected chi connectivity index (χ0v) is 22.3. The van der Waals surface area contributed by atoms with Gasteiger partial charge in [0.15, 0.2) is 0 Å². The van der Waals surface area contributed by atoms with Crippen LogP contribution in [-0.2, 0) is 0 Å². The molecule has 4 aromatic rings. The second-order valence-corrected chi connectivity index (χ2v) is 9.75. The molecule has 0 spiro atoms. The van der Waals surface area contributed by atoms with Crippen molar-refractivity contribution in [2.45, 2.75) is 40.7 Å². The van der Waals surface area contributed by atoms with Crippen LogP contribution in [0.5, 0.6) is 5.75 Å². The number of para-hydroxylation sites is 3. The number of nitrogens with one attached hydrogen (secondary N) is 1. The molecular weight excluding hydrogens is 464 g/mol. The highest BCUT2D eigenvalue weighted by molar-refractivity contribution is 5.91. The fourth-order valence-electron chi connectivity index (χ4n) is 4.43. The maximum Gasteiger partial charge on any atom is 0.322 e. The van der Waals surface area contributed by atoms with E-state index in [4.69, 9.17) is 9.72 Å². The Bertz CT molecular complexity index is 1490. The van der Waals surface area contributed by atoms with E-state index in [1.807, 2.05) is 69.3 Å². The lowest BCUT2D eigenvalue weighted by Gasteiger charge is -2.32. The number of amides is 2. The number of hydrogen-bond donors (Lipinski definition) is 1. The average Bonchev–Trinajstić information content (AvgIpc) is 2.88. The number of nitrogens with zero attached hydrogens (tertiary/aromatic N) is 3. The first-order valence-corrected chi connectivity index (χ1v) is 12.5. The molecule has 0 fully saturated rings. The number of aryl methyl sites for hydroxylation is 2. The van der Waals surface area contributed by atoms with Gasteiger partial charge in [-0.25, -0.2) is 9.78 Å². The fourth-order valence-corrected chi connectivity index (χ4v) is 4.43. The number of carbonyl (C=O) groups excluding carboxylic acids is 1. The maximum atomic E-state index is 13.8. The second-order valence-electron chi connectivity index (χ2n) is 9.75. The predicted molar refractivity (Wildman–Crippen MR) is 149 cm³/mol. The molecule has 0 saturated heterocycles. The molecule has 1 heterocycles. The first-order chi connectivity index (χ1) is 17.7. The summed E-state index contributed by atoms with van der Waals surface area (Å²) < 4.78 is 7.06. The summed E-state index contributed by atoms with van der Waals surface area (Å²) in [6, 6.07) is 19.7. The van der Waals surface area contributed by atoms with Gasteiger partial charge in [-0.1, -0.05) is 44.2 Å². The Balaban J connectivity index is 1.86. The van der Waals surface area contributed by atoms with Gasteiger partial charge in [0.2, 0.25) is 0 Å². The fraction of sp³-hybridized carbons (Fsp3) is 0.300. The topological polar surface area (TPSA) is 76.5 Å². The van der Waals surface area contributed by atoms with Crippen LogP contribution in [0.15, 0.2) is 71.5 Å². The number of aromatic nitrogens is 2. The molecule has 1 atom stereocenters. The quantitative estimate of drug-likeness (QED) is 0.326. The Morgan fingerprint density at radius 1 is 1.00 bits per heavy atom. The average molecular weight is 499 g/mol. The van der Waals surface area contributed by atoms with Crippen molar-refractivity contribution in [3.05, 3.63) is 94.0 Å². The highest BCUT2D eigenvalue weighted by atomic mass is 16.5. The summed E-state index contributed by atoms with van der Waals surface area (Å²) in [4.78, 5) is 34.2. The van der Waals surface area contributed by atoms with Crippen LogP contribution in [0.3, 0.4) is 0 Å². The van der Waals surface area contributed by atoms with Crippen molar-refractivity contribution in [2.75, 3.05) is 19.0 Å². The van der Waals surface area contributed by atoms with Crippen molar-refractivity contribution in [3.8, 4) is 11.4 Å². The number of carbonyl (C=O) groups is 1. The second kappa shape index (κ2) is 10.9. The number of anilines is 1. The van der Waals surface area contributed by atoms with Crippen molar-refractivity contribution >= 4 is 22.6 Å². The van der Waals surface area contributed by atoms with Crippen LogP contribution in [0, 0.1) is 19.8 Å². The summed E-state index contributed by atoms with van der Waals surface area (Å²) in [6.07, 6.45) is 0. The third kappa shape index (κ3) is 5.35. The molecule has 192 valence electrons. The molecular formula is C30H34N4O3. The van der Waals surface area contributed by atoms with Crippen LogP contribution >= 0.6 is 0 Å². The van der Waals surface area contributed by atoms with Crippen molar-refractivity contribution in [1.29, 1.82) is 0 Å². The van der Waals surface area contributed by atoms with Gasteiger partial charge in [0.25, 0.3) is 5.56 Å². The van der Waals surface area contributed by atoms with E-state index in [1.165, 1.54) is 0 Å². The molecule has 1 N–H and O–H groups in total. The predicted octanol–water partition coefficient (Wildman–Crippen LogP) is 6.26. The Labute approximate surface area is 217 Å². The summed E-state index contributed by atoms with van der Waals surface area (Å²) >= 11 is 0. The van der Waals surface area contributed by atoms with Gasteiger partial charge in [-0.3, -0.25) is 9.36 Å². The normalized spacial score (nSPS) is 12.0. The largest absolute Gasteiger partial charge is 0.495 e. The Hall–Kier alpha value is -4.13. The van der Waals surface area contributed by atoms with Crippen molar-refractivity contribution in [1.82, 2.24) is 14.5 Å². The molecule has 0 bridgehead atoms. The number of urea groups is 1. The van der Waals surface area contributed by atoms with E-state index in [0.717, 1.165) is 16.8 Å². The minimum atomic E-state index is -0.504. The van der Waals surface area contributed by atoms with Gasteiger partial charge < -0.3 is 15.0 Å². The van der Waals surface area contributed by atoms with E-state index < -0.39 is 6.04 Å². The van der Waals surface area contributed by atoms with Crippen LogP contribution in [0.25, 0.3) is 16.6 Å². The van der Waals surface area contributed by atoms with Crippen molar-refractivity contribution in [2.24, 2.45) is 5.92 Å². The zero-order valence-electron chi connectivity index (χ0n) is 22.3. The molecule has 1 unspecified atom stereocenters. The number of ether oxygens (including phenoxy) is 1. The van der Waals surface area contributed by atoms with Gasteiger partial charge in [-0.15, -0.1) is 0 Å². The standard InChI is InChI=1S/C30H34N4O3/c1-19(2)18-33(30(36)32-26-13-9-10-14-27(26)37-6)22(5)28-31-25-12-8-7-11-24(25)29(35)34(28)23-16-15-20(3)21(4)17-23/h7-17,19,22H,18H2,1-6H3,(H,32,36). The lowest BCUT2D eigenvalue weighted by atomic mass is 10.1. The van der Waals surface area contributed by atoms with E-state index >= 15 is 0 Å². The third-order valence-corrected chi connectivity index (χ3v) is 6.56. The molecule has 37 heavy (non-hydrogen) atoms. The molecule has 7 heteroatoms. The molecule has 0 radical (unpaired) electrons. The van der Waals surface area contributed by atoms with Gasteiger partial charge in [-0.2, -0.15) is 0 Å². The molecule has 3 aromatic carbocycles. The third-order valence-electron chi connectivity index (χ3n) is 6.56. The summed E-state index contributed by atoms with van der Waals surface area (Å²) in [5.74, 6) is 1.26. The van der Waals surface area contributed by atoms with Gasteiger partial charge in [0.1, 0.15) is 11.6 Å².